The predicted molar refractivity (Wildman–Crippen MR) is 501 cm³/mol. The third-order valence-electron chi connectivity index (χ3n) is 32.1. The van der Waals surface area contributed by atoms with E-state index in [1.54, 1.807) is 0 Å². The zero-order chi connectivity index (χ0) is 88.7. The van der Waals surface area contributed by atoms with Crippen molar-refractivity contribution in [2.45, 2.75) is 474 Å². The molecule has 0 heterocycles. The number of hydrogen-bond acceptors (Lipinski definition) is 7. The molecular formula is C107H214O7. The fourth-order valence-electron chi connectivity index (χ4n) is 20.7. The maximum Gasteiger partial charge on any atom is 0.0655 e. The Labute approximate surface area is 716 Å². The lowest BCUT2D eigenvalue weighted by molar-refractivity contribution is 0.109. The third-order valence-corrected chi connectivity index (χ3v) is 32.1. The van der Waals surface area contributed by atoms with Crippen molar-refractivity contribution in [2.24, 2.45) is 211 Å². The first kappa shape index (κ1) is 112. The summed E-state index contributed by atoms with van der Waals surface area (Å²) < 4.78 is 0. The molecule has 7 N–H and O–H groups in total. The average molecular weight is 1610 g/mol. The Morgan fingerprint density at radius 1 is 0.211 bits per heavy atom. The van der Waals surface area contributed by atoms with Gasteiger partial charge in [0.1, 0.15) is 0 Å². The van der Waals surface area contributed by atoms with Crippen LogP contribution in [0.2, 0.25) is 0 Å². The van der Waals surface area contributed by atoms with Crippen molar-refractivity contribution in [1.82, 2.24) is 0 Å². The highest BCUT2D eigenvalue weighted by Crippen LogP contribution is 2.57. The molecule has 26 atom stereocenters. The van der Waals surface area contributed by atoms with Gasteiger partial charge in [0.15, 0.2) is 0 Å². The molecule has 0 aromatic carbocycles. The van der Waals surface area contributed by atoms with Crippen molar-refractivity contribution < 1.29 is 35.7 Å². The molecule has 7 heteroatoms. The maximum atomic E-state index is 9.66. The summed E-state index contributed by atoms with van der Waals surface area (Å²) in [4.78, 5) is 0. The molecule has 0 aromatic heterocycles. The second-order valence-electron chi connectivity index (χ2n) is 49.6. The quantitative estimate of drug-likeness (QED) is 0.0911. The van der Waals surface area contributed by atoms with E-state index < -0.39 is 0 Å². The number of hydrogen-bond donors (Lipinski definition) is 7. The Morgan fingerprint density at radius 2 is 0.447 bits per heavy atom. The predicted octanol–water partition coefficient (Wildman–Crippen LogP) is 29.3. The van der Waals surface area contributed by atoms with Crippen LogP contribution in [0.15, 0.2) is 0 Å². The molecule has 0 saturated heterocycles. The first-order valence-electron chi connectivity index (χ1n) is 49.8. The topological polar surface area (TPSA) is 142 Å². The molecule has 13 aliphatic carbocycles. The van der Waals surface area contributed by atoms with Crippen LogP contribution in [-0.2, 0) is 0 Å². The fourth-order valence-corrected chi connectivity index (χ4v) is 20.7. The minimum absolute atomic E-state index is 0.0209. The van der Waals surface area contributed by atoms with E-state index in [4.69, 9.17) is 10.2 Å². The minimum Gasteiger partial charge on any atom is -0.393 e. The van der Waals surface area contributed by atoms with Gasteiger partial charge in [0.2, 0.25) is 0 Å². The van der Waals surface area contributed by atoms with E-state index in [0.717, 1.165) is 175 Å². The van der Waals surface area contributed by atoms with Gasteiger partial charge in [-0.3, -0.25) is 0 Å². The number of aliphatic hydroxyl groups is 7. The lowest BCUT2D eigenvalue weighted by atomic mass is 9.87. The van der Waals surface area contributed by atoms with Gasteiger partial charge in [0.25, 0.3) is 0 Å². The summed E-state index contributed by atoms with van der Waals surface area (Å²) in [6.07, 6.45) is 28.8. The average Bonchev–Trinajstić information content (AvgIpc) is 1.64. The first-order valence-corrected chi connectivity index (χ1v) is 49.8. The van der Waals surface area contributed by atoms with Gasteiger partial charge in [-0.25, -0.2) is 0 Å². The fraction of sp³-hybridized carbons (Fsp3) is 1.00. The highest BCUT2D eigenvalue weighted by Gasteiger charge is 2.51. The Hall–Kier alpha value is -0.280. The second kappa shape index (κ2) is 50.6. The molecule has 4 unspecified atom stereocenters. The SMILES string of the molecule is CC(C)C1CC[C@@H](C)[C@@H](O)CC1.CC(C)C1CC[C@H](C)[C@@H](O)CC1.CC(C)C1C[C@@H](C)[C@@H](O)C1.CC(C)C1C[C@H](C)[C@@H](O)C1.CC(C)[C@@H]1CC1(C)C.CC(C)[C@@H]1CC1(C)C.CC(C)[C@@H]1C[C@@H]1O.CC(C)[C@@H]1C[C@H]1O.CC(C)[C@H]1CC1(C)C.CC(C)[C@H]1CCC(C)(C)C1.CC(C)[C@H]1C[C@@H]1C.CC(C)[C@H]1C[C@@]1(C)O.CC(C)[C@H]1C[C@H]1C. The van der Waals surface area contributed by atoms with Gasteiger partial charge in [-0.15, -0.1) is 0 Å². The summed E-state index contributed by atoms with van der Waals surface area (Å²) in [5.74, 6) is 26.1. The van der Waals surface area contributed by atoms with Crippen LogP contribution < -0.4 is 0 Å². The Morgan fingerprint density at radius 3 is 0.544 bits per heavy atom. The van der Waals surface area contributed by atoms with Crippen LogP contribution in [0.5, 0.6) is 0 Å². The monoisotopic (exact) mass is 1610 g/mol. The normalized spacial score (nSPS) is 37.9. The molecule has 0 bridgehead atoms. The van der Waals surface area contributed by atoms with Crippen LogP contribution in [0, 0.1) is 211 Å². The zero-order valence-electron chi connectivity index (χ0n) is 84.8. The molecule has 0 spiro atoms. The number of rotatable bonds is 13. The lowest BCUT2D eigenvalue weighted by Gasteiger charge is -2.18. The Bertz CT molecular complexity index is 2160. The van der Waals surface area contributed by atoms with Crippen LogP contribution >= 0.6 is 0 Å². The van der Waals surface area contributed by atoms with Crippen molar-refractivity contribution in [3.63, 3.8) is 0 Å². The van der Waals surface area contributed by atoms with Gasteiger partial charge < -0.3 is 35.7 Å². The molecule has 114 heavy (non-hydrogen) atoms. The maximum absolute atomic E-state index is 9.66. The Balaban J connectivity index is 0.000000620. The minimum atomic E-state index is -0.311. The zero-order valence-corrected chi connectivity index (χ0v) is 84.8. The lowest BCUT2D eigenvalue weighted by Crippen LogP contribution is -2.14. The molecule has 0 aromatic rings. The summed E-state index contributed by atoms with van der Waals surface area (Å²) in [6.45, 7) is 93.2. The summed E-state index contributed by atoms with van der Waals surface area (Å²) >= 11 is 0. The van der Waals surface area contributed by atoms with Gasteiger partial charge >= 0.3 is 0 Å². The Kier molecular flexibility index (Phi) is 49.6. The summed E-state index contributed by atoms with van der Waals surface area (Å²) in [5, 5.41) is 65.0. The van der Waals surface area contributed by atoms with Gasteiger partial charge in [-0.2, -0.15) is 0 Å². The van der Waals surface area contributed by atoms with Crippen molar-refractivity contribution in [3.05, 3.63) is 0 Å². The van der Waals surface area contributed by atoms with Crippen molar-refractivity contribution >= 4 is 0 Å². The van der Waals surface area contributed by atoms with Crippen LogP contribution in [0.3, 0.4) is 0 Å². The highest BCUT2D eigenvalue weighted by molar-refractivity contribution is 5.01. The molecular weight excluding hydrogens is 1400 g/mol. The van der Waals surface area contributed by atoms with E-state index in [2.05, 4.69) is 277 Å². The molecule has 684 valence electrons. The standard InChI is InChI=1S/2C11H22O.C10H20.2C9H18O.3C8H16.C7H14O.2C7H14.2C6H12O/c2*1-8(2)10-5-4-9(3)11(12)7-6-10;1-8(2)9-5-6-10(3,4)7-9;2*1-6(2)8-4-7(3)9(10)5-8;3*1-6(2)7-5-8(7,3)4;1-5(2)6-4-7(6,3)8;2*1-5(2)7-4-6(7)3;2*1-4(2)5-3-6(5)7/h2*8-12H,4-7H2,1-3H3;8-9H,5-7H2,1-4H3;2*6-10H,4-5H2,1-3H3;3*6-7H,5H2,1-4H3;5-6,8H,4H2,1-3H3;2*5-7H,4H2,1-3H3;2*4-7H,3H2,1-2H3/t9-,10?,11+;9-,10?,11-;9-;7-,8?,9+;7-,8?,9-;3*7-;6-,7-;6-,7+;6-,7-;5-,6+;5-,6-/m1001010010100/s1. The molecule has 0 aliphatic heterocycles. The van der Waals surface area contributed by atoms with Crippen LogP contribution in [0.4, 0.5) is 0 Å². The van der Waals surface area contributed by atoms with Crippen LogP contribution in [-0.4, -0.2) is 78.0 Å². The number of aliphatic hydroxyl groups excluding tert-OH is 6. The summed E-state index contributed by atoms with van der Waals surface area (Å²) in [7, 11) is 0. The van der Waals surface area contributed by atoms with E-state index in [9.17, 15) is 25.5 Å². The molecule has 7 nitrogen and oxygen atoms in total. The molecule has 13 fully saturated rings. The van der Waals surface area contributed by atoms with Gasteiger partial charge in [0, 0.05) is 0 Å². The van der Waals surface area contributed by atoms with E-state index >= 15 is 0 Å². The van der Waals surface area contributed by atoms with Crippen LogP contribution in [0.25, 0.3) is 0 Å². The van der Waals surface area contributed by atoms with Crippen LogP contribution in [0.1, 0.15) is 432 Å². The largest absolute Gasteiger partial charge is 0.393 e. The van der Waals surface area contributed by atoms with Crippen molar-refractivity contribution in [3.8, 4) is 0 Å². The summed E-state index contributed by atoms with van der Waals surface area (Å²) in [5.41, 5.74) is 2.40. The molecule has 13 saturated carbocycles. The highest BCUT2D eigenvalue weighted by atomic mass is 16.3. The second-order valence-corrected chi connectivity index (χ2v) is 49.6. The molecule has 13 aliphatic rings. The first-order chi connectivity index (χ1) is 52.0. The molecule has 0 radical (unpaired) electrons. The van der Waals surface area contributed by atoms with Gasteiger partial charge in [-0.1, -0.05) is 277 Å². The van der Waals surface area contributed by atoms with Crippen molar-refractivity contribution in [2.75, 3.05) is 0 Å². The third kappa shape index (κ3) is 44.9. The smallest absolute Gasteiger partial charge is 0.0655 e. The van der Waals surface area contributed by atoms with E-state index in [0.29, 0.717) is 80.8 Å². The van der Waals surface area contributed by atoms with Crippen molar-refractivity contribution in [1.29, 1.82) is 0 Å². The molecule has 13 rings (SSSR count). The van der Waals surface area contributed by atoms with Gasteiger partial charge in [-0.05, 0) is 366 Å². The van der Waals surface area contributed by atoms with E-state index in [-0.39, 0.29) is 42.2 Å². The van der Waals surface area contributed by atoms with E-state index in [1.807, 2.05) is 6.92 Å². The summed E-state index contributed by atoms with van der Waals surface area (Å²) in [6, 6.07) is 0. The molecule has 0 amide bonds. The van der Waals surface area contributed by atoms with Gasteiger partial charge in [0.05, 0.1) is 42.2 Å². The van der Waals surface area contributed by atoms with E-state index in [1.165, 1.54) is 103 Å².